The van der Waals surface area contributed by atoms with E-state index in [9.17, 15) is 0 Å². The van der Waals surface area contributed by atoms with Gasteiger partial charge in [-0.2, -0.15) is 0 Å². The van der Waals surface area contributed by atoms with E-state index >= 15 is 0 Å². The lowest BCUT2D eigenvalue weighted by Crippen LogP contribution is -2.63. The van der Waals surface area contributed by atoms with E-state index in [1.807, 2.05) is 36.4 Å². The third-order valence-corrected chi connectivity index (χ3v) is 2.68. The summed E-state index contributed by atoms with van der Waals surface area (Å²) in [7, 11) is 0. The second-order valence-electron chi connectivity index (χ2n) is 3.52. The van der Waals surface area contributed by atoms with Crippen LogP contribution in [0.2, 0.25) is 0 Å². The van der Waals surface area contributed by atoms with E-state index in [1.165, 1.54) is 0 Å². The molecule has 0 fully saturated rings. The largest absolute Gasteiger partial charge is 0.450 e. The van der Waals surface area contributed by atoms with Crippen molar-refractivity contribution < 1.29 is 9.52 Å². The maximum atomic E-state index is 5.61. The zero-order valence-corrected chi connectivity index (χ0v) is 11.0. The predicted molar refractivity (Wildman–Crippen MR) is 73.8 cm³/mol. The van der Waals surface area contributed by atoms with Crippen molar-refractivity contribution in [1.29, 1.82) is 0 Å². The lowest BCUT2D eigenvalue weighted by atomic mass is 10.2. The molecule has 0 amide bonds. The number of nitrogens with two attached hydrogens (primary N) is 2. The average Bonchev–Trinajstić information content (AvgIpc) is 2.78. The second-order valence-corrected chi connectivity index (χ2v) is 4.43. The summed E-state index contributed by atoms with van der Waals surface area (Å²) < 4.78 is 6.63. The van der Waals surface area contributed by atoms with Crippen molar-refractivity contribution >= 4 is 28.1 Å². The Kier molecular flexibility index (Phi) is 3.78. The fraction of sp³-hybridized carbons (Fsp3) is 0. The van der Waals surface area contributed by atoms with Gasteiger partial charge >= 0.3 is 0 Å². The van der Waals surface area contributed by atoms with E-state index < -0.39 is 0 Å². The Morgan fingerprint density at radius 3 is 2.56 bits per heavy atom. The molecule has 1 heterocycles. The Hall–Kier alpha value is -2.08. The van der Waals surface area contributed by atoms with Gasteiger partial charge in [-0.3, -0.25) is 0 Å². The Morgan fingerprint density at radius 2 is 1.89 bits per heavy atom. The highest BCUT2D eigenvalue weighted by Crippen LogP contribution is 2.23. The summed E-state index contributed by atoms with van der Waals surface area (Å²) >= 11 is 3.39. The van der Waals surface area contributed by atoms with Crippen molar-refractivity contribution in [2.45, 2.75) is 0 Å². The van der Waals surface area contributed by atoms with Crippen molar-refractivity contribution in [3.8, 4) is 11.3 Å². The number of guanidine groups is 1. The van der Waals surface area contributed by atoms with Crippen LogP contribution < -0.4 is 16.6 Å². The molecule has 0 saturated carbocycles. The van der Waals surface area contributed by atoms with Gasteiger partial charge in [0.15, 0.2) is 5.76 Å². The Labute approximate surface area is 112 Å². The average molecular weight is 308 g/mol. The Balaban J connectivity index is 2.18. The molecule has 18 heavy (non-hydrogen) atoms. The van der Waals surface area contributed by atoms with E-state index in [2.05, 4.69) is 26.1 Å². The lowest BCUT2D eigenvalue weighted by molar-refractivity contribution is -0.457. The van der Waals surface area contributed by atoms with Crippen LogP contribution in [0.1, 0.15) is 5.76 Å². The van der Waals surface area contributed by atoms with Crippen LogP contribution in [0.5, 0.6) is 0 Å². The molecule has 0 bridgehead atoms. The van der Waals surface area contributed by atoms with Crippen LogP contribution in [-0.2, 0) is 0 Å². The molecule has 6 heteroatoms. The number of rotatable bonds is 3. The summed E-state index contributed by atoms with van der Waals surface area (Å²) in [6, 6.07) is 11.6. The minimum absolute atomic E-state index is 0.0362. The number of nitrogens with zero attached hydrogens (tertiary/aromatic N) is 1. The summed E-state index contributed by atoms with van der Waals surface area (Å²) in [5.41, 5.74) is 11.4. The van der Waals surface area contributed by atoms with Crippen molar-refractivity contribution in [1.82, 2.24) is 0 Å². The van der Waals surface area contributed by atoms with Gasteiger partial charge in [-0.1, -0.05) is 33.2 Å². The fourth-order valence-corrected chi connectivity index (χ4v) is 1.63. The van der Waals surface area contributed by atoms with Crippen molar-refractivity contribution in [2.75, 3.05) is 0 Å². The quantitative estimate of drug-likeness (QED) is 0.435. The van der Waals surface area contributed by atoms with Gasteiger partial charge in [-0.15, -0.1) is 0 Å². The highest BCUT2D eigenvalue weighted by molar-refractivity contribution is 9.10. The van der Waals surface area contributed by atoms with Crippen molar-refractivity contribution in [2.24, 2.45) is 16.6 Å². The standard InChI is InChI=1S/C12H11BrN4O/c13-9-3-1-8(2-4-9)11-6-5-10(18-11)7-16-17-12(14)15/h1-7H,(H4,14,15,17)/p+1/b16-7-. The molecule has 0 unspecified atom stereocenters. The molecule has 0 aliphatic rings. The Bertz CT molecular complexity index is 582. The molecule has 1 aromatic heterocycles. The van der Waals surface area contributed by atoms with E-state index in [0.29, 0.717) is 5.76 Å². The molecule has 0 spiro atoms. The fourth-order valence-electron chi connectivity index (χ4n) is 1.37. The highest BCUT2D eigenvalue weighted by Gasteiger charge is 2.04. The van der Waals surface area contributed by atoms with E-state index in [-0.39, 0.29) is 5.96 Å². The number of nitrogens with one attached hydrogen (secondary N) is 1. The SMILES string of the molecule is NC(N)=N/[NH+]=C\c1ccc(-c2ccc(Br)cc2)o1. The predicted octanol–water partition coefficient (Wildman–Crippen LogP) is 0.397. The molecule has 2 aromatic rings. The van der Waals surface area contributed by atoms with Gasteiger partial charge < -0.3 is 15.9 Å². The Morgan fingerprint density at radius 1 is 1.17 bits per heavy atom. The molecule has 5 nitrogen and oxygen atoms in total. The third-order valence-electron chi connectivity index (χ3n) is 2.16. The summed E-state index contributed by atoms with van der Waals surface area (Å²) in [6.07, 6.45) is 1.57. The number of hydrogen-bond donors (Lipinski definition) is 3. The topological polar surface area (TPSA) is 91.5 Å². The number of benzene rings is 1. The van der Waals surface area contributed by atoms with Gasteiger partial charge in [0.25, 0.3) is 5.96 Å². The molecule has 2 rings (SSSR count). The van der Waals surface area contributed by atoms with Crippen molar-refractivity contribution in [3.63, 3.8) is 0 Å². The van der Waals surface area contributed by atoms with Crippen LogP contribution in [0, 0.1) is 0 Å². The monoisotopic (exact) mass is 307 g/mol. The van der Waals surface area contributed by atoms with Crippen LogP contribution in [0.4, 0.5) is 0 Å². The number of halogens is 1. The van der Waals surface area contributed by atoms with E-state index in [0.717, 1.165) is 15.8 Å². The smallest absolute Gasteiger partial charge is 0.256 e. The summed E-state index contributed by atoms with van der Waals surface area (Å²) in [6.45, 7) is 0. The first-order valence-corrected chi connectivity index (χ1v) is 5.97. The summed E-state index contributed by atoms with van der Waals surface area (Å²) in [4.78, 5) is 0. The van der Waals surface area contributed by atoms with Gasteiger partial charge in [-0.25, -0.2) is 0 Å². The molecule has 0 atom stereocenters. The van der Waals surface area contributed by atoms with Crippen LogP contribution in [-0.4, -0.2) is 12.2 Å². The van der Waals surface area contributed by atoms with Crippen LogP contribution >= 0.6 is 15.9 Å². The zero-order chi connectivity index (χ0) is 13.0. The first kappa shape index (κ1) is 12.4. The molecular weight excluding hydrogens is 296 g/mol. The normalized spacial score (nSPS) is 10.7. The molecular formula is C12H12BrN4O+. The molecule has 5 N–H and O–H groups in total. The molecule has 0 radical (unpaired) electrons. The van der Waals surface area contributed by atoms with Gasteiger partial charge in [0.1, 0.15) is 5.76 Å². The summed E-state index contributed by atoms with van der Waals surface area (Å²) in [5.74, 6) is 1.38. The molecule has 92 valence electrons. The minimum Gasteiger partial charge on any atom is -0.450 e. The van der Waals surface area contributed by atoms with Gasteiger partial charge in [0, 0.05) is 15.1 Å². The van der Waals surface area contributed by atoms with Crippen LogP contribution in [0.25, 0.3) is 11.3 Å². The molecule has 0 saturated heterocycles. The van der Waals surface area contributed by atoms with Gasteiger partial charge in [-0.05, 0) is 24.3 Å². The van der Waals surface area contributed by atoms with Gasteiger partial charge in [0.05, 0.1) is 0 Å². The first-order chi connectivity index (χ1) is 8.65. The minimum atomic E-state index is -0.0362. The van der Waals surface area contributed by atoms with Crippen LogP contribution in [0.15, 0.2) is 50.4 Å². The third kappa shape index (κ3) is 3.21. The summed E-state index contributed by atoms with van der Waals surface area (Å²) in [5, 5.41) is 6.20. The number of hydrazone groups is 1. The van der Waals surface area contributed by atoms with Crippen LogP contribution in [0.3, 0.4) is 0 Å². The zero-order valence-electron chi connectivity index (χ0n) is 9.43. The highest BCUT2D eigenvalue weighted by atomic mass is 79.9. The molecule has 0 aliphatic heterocycles. The maximum absolute atomic E-state index is 5.61. The van der Waals surface area contributed by atoms with Gasteiger partial charge in [0.2, 0.25) is 6.21 Å². The lowest BCUT2D eigenvalue weighted by Gasteiger charge is -1.95. The van der Waals surface area contributed by atoms with E-state index in [1.54, 1.807) is 6.21 Å². The second kappa shape index (κ2) is 5.50. The molecule has 1 aromatic carbocycles. The van der Waals surface area contributed by atoms with E-state index in [4.69, 9.17) is 15.9 Å². The number of furan rings is 1. The van der Waals surface area contributed by atoms with Crippen molar-refractivity contribution in [3.05, 3.63) is 46.6 Å². The number of hydrogen-bond acceptors (Lipinski definition) is 2. The molecule has 0 aliphatic carbocycles. The maximum Gasteiger partial charge on any atom is 0.256 e. The first-order valence-electron chi connectivity index (χ1n) is 5.18.